The van der Waals surface area contributed by atoms with Crippen LogP contribution in [-0.4, -0.2) is 11.8 Å². The van der Waals surface area contributed by atoms with Crippen LogP contribution in [0.15, 0.2) is 29.2 Å². The molecule has 1 nitrogen and oxygen atoms in total. The fourth-order valence-electron chi connectivity index (χ4n) is 1.45. The standard InChI is InChI=1S/C13H21NS/c1-3-12(14)8-6-10-15-13-9-5-4-7-11(13)2/h4-5,7,9,12H,3,6,8,10,14H2,1-2H3. The molecule has 2 N–H and O–H groups in total. The van der Waals surface area contributed by atoms with Gasteiger partial charge in [-0.05, 0) is 43.6 Å². The normalized spacial score (nSPS) is 12.7. The van der Waals surface area contributed by atoms with Crippen molar-refractivity contribution < 1.29 is 0 Å². The molecule has 84 valence electrons. The quantitative estimate of drug-likeness (QED) is 0.589. The zero-order valence-corrected chi connectivity index (χ0v) is 10.5. The highest BCUT2D eigenvalue weighted by Gasteiger charge is 2.00. The molecule has 0 aliphatic rings. The van der Waals surface area contributed by atoms with Gasteiger partial charge in [-0.2, -0.15) is 0 Å². The fourth-order valence-corrected chi connectivity index (χ4v) is 2.45. The maximum absolute atomic E-state index is 5.87. The van der Waals surface area contributed by atoms with E-state index in [9.17, 15) is 0 Å². The van der Waals surface area contributed by atoms with Crippen molar-refractivity contribution in [1.82, 2.24) is 0 Å². The number of hydrogen-bond acceptors (Lipinski definition) is 2. The van der Waals surface area contributed by atoms with Gasteiger partial charge >= 0.3 is 0 Å². The molecule has 1 aromatic carbocycles. The minimum absolute atomic E-state index is 0.391. The van der Waals surface area contributed by atoms with Gasteiger partial charge in [0.15, 0.2) is 0 Å². The Morgan fingerprint density at radius 1 is 1.33 bits per heavy atom. The van der Waals surface area contributed by atoms with Crippen molar-refractivity contribution in [2.45, 2.75) is 44.0 Å². The van der Waals surface area contributed by atoms with E-state index in [1.165, 1.54) is 22.6 Å². The molecule has 0 amide bonds. The minimum Gasteiger partial charge on any atom is -0.328 e. The predicted molar refractivity (Wildman–Crippen MR) is 69.4 cm³/mol. The first kappa shape index (κ1) is 12.6. The first-order valence-corrected chi connectivity index (χ1v) is 6.66. The summed E-state index contributed by atoms with van der Waals surface area (Å²) < 4.78 is 0. The molecule has 1 aromatic rings. The summed E-state index contributed by atoms with van der Waals surface area (Å²) >= 11 is 1.94. The third-order valence-electron chi connectivity index (χ3n) is 2.59. The van der Waals surface area contributed by atoms with Gasteiger partial charge in [-0.1, -0.05) is 25.1 Å². The van der Waals surface area contributed by atoms with Crippen LogP contribution in [0.4, 0.5) is 0 Å². The molecule has 0 saturated heterocycles. The number of rotatable bonds is 6. The van der Waals surface area contributed by atoms with Crippen LogP contribution in [0.5, 0.6) is 0 Å². The summed E-state index contributed by atoms with van der Waals surface area (Å²) in [7, 11) is 0. The first-order valence-electron chi connectivity index (χ1n) is 5.68. The SMILES string of the molecule is CCC(N)CCCSc1ccccc1C. The van der Waals surface area contributed by atoms with E-state index in [-0.39, 0.29) is 0 Å². The lowest BCUT2D eigenvalue weighted by Crippen LogP contribution is -2.18. The van der Waals surface area contributed by atoms with Crippen LogP contribution < -0.4 is 5.73 Å². The lowest BCUT2D eigenvalue weighted by Gasteiger charge is -2.08. The summed E-state index contributed by atoms with van der Waals surface area (Å²) in [5, 5.41) is 0. The maximum atomic E-state index is 5.87. The van der Waals surface area contributed by atoms with E-state index in [1.807, 2.05) is 11.8 Å². The monoisotopic (exact) mass is 223 g/mol. The number of aryl methyl sites for hydroxylation is 1. The van der Waals surface area contributed by atoms with Gasteiger partial charge in [-0.3, -0.25) is 0 Å². The second-order valence-electron chi connectivity index (χ2n) is 3.92. The summed E-state index contributed by atoms with van der Waals surface area (Å²) in [6.07, 6.45) is 3.46. The summed E-state index contributed by atoms with van der Waals surface area (Å²) in [4.78, 5) is 1.41. The highest BCUT2D eigenvalue weighted by molar-refractivity contribution is 7.99. The zero-order valence-electron chi connectivity index (χ0n) is 9.70. The Kier molecular flexibility index (Phi) is 5.81. The van der Waals surface area contributed by atoms with Crippen molar-refractivity contribution in [1.29, 1.82) is 0 Å². The largest absolute Gasteiger partial charge is 0.328 e. The lowest BCUT2D eigenvalue weighted by molar-refractivity contribution is 0.589. The Morgan fingerprint density at radius 2 is 2.07 bits per heavy atom. The van der Waals surface area contributed by atoms with Crippen LogP contribution in [0.1, 0.15) is 31.7 Å². The van der Waals surface area contributed by atoms with E-state index in [0.29, 0.717) is 6.04 Å². The van der Waals surface area contributed by atoms with Gasteiger partial charge in [0.2, 0.25) is 0 Å². The van der Waals surface area contributed by atoms with Gasteiger partial charge in [0, 0.05) is 10.9 Å². The van der Waals surface area contributed by atoms with E-state index < -0.39 is 0 Å². The van der Waals surface area contributed by atoms with Crippen molar-refractivity contribution in [3.63, 3.8) is 0 Å². The van der Waals surface area contributed by atoms with Crippen molar-refractivity contribution in [2.24, 2.45) is 5.73 Å². The molecular formula is C13H21NS. The van der Waals surface area contributed by atoms with E-state index in [2.05, 4.69) is 38.1 Å². The molecule has 1 unspecified atom stereocenters. The second-order valence-corrected chi connectivity index (χ2v) is 5.06. The van der Waals surface area contributed by atoms with Crippen molar-refractivity contribution in [3.05, 3.63) is 29.8 Å². The number of benzene rings is 1. The van der Waals surface area contributed by atoms with Gasteiger partial charge in [-0.15, -0.1) is 11.8 Å². The van der Waals surface area contributed by atoms with Crippen LogP contribution in [0.2, 0.25) is 0 Å². The Balaban J connectivity index is 2.23. The molecular weight excluding hydrogens is 202 g/mol. The van der Waals surface area contributed by atoms with Crippen LogP contribution >= 0.6 is 11.8 Å². The zero-order chi connectivity index (χ0) is 11.1. The molecule has 2 heteroatoms. The minimum atomic E-state index is 0.391. The second kappa shape index (κ2) is 6.91. The third kappa shape index (κ3) is 4.72. The summed E-state index contributed by atoms with van der Waals surface area (Å²) in [5.41, 5.74) is 7.25. The number of hydrogen-bond donors (Lipinski definition) is 1. The van der Waals surface area contributed by atoms with E-state index in [4.69, 9.17) is 5.73 Å². The van der Waals surface area contributed by atoms with E-state index in [0.717, 1.165) is 12.8 Å². The molecule has 15 heavy (non-hydrogen) atoms. The van der Waals surface area contributed by atoms with Gasteiger partial charge in [0.05, 0.1) is 0 Å². The van der Waals surface area contributed by atoms with Crippen molar-refractivity contribution >= 4 is 11.8 Å². The lowest BCUT2D eigenvalue weighted by atomic mass is 10.1. The Bertz CT molecular complexity index is 286. The molecule has 1 atom stereocenters. The first-order chi connectivity index (χ1) is 7.24. The van der Waals surface area contributed by atoms with Crippen LogP contribution in [0, 0.1) is 6.92 Å². The third-order valence-corrected chi connectivity index (χ3v) is 3.86. The number of nitrogens with two attached hydrogens (primary N) is 1. The molecule has 0 heterocycles. The maximum Gasteiger partial charge on any atom is 0.0101 e. The van der Waals surface area contributed by atoms with Gasteiger partial charge in [0.1, 0.15) is 0 Å². The average molecular weight is 223 g/mol. The van der Waals surface area contributed by atoms with Crippen LogP contribution in [-0.2, 0) is 0 Å². The van der Waals surface area contributed by atoms with Crippen molar-refractivity contribution in [3.8, 4) is 0 Å². The predicted octanol–water partition coefficient (Wildman–Crippen LogP) is 3.60. The fraction of sp³-hybridized carbons (Fsp3) is 0.538. The van der Waals surface area contributed by atoms with Crippen LogP contribution in [0.25, 0.3) is 0 Å². The van der Waals surface area contributed by atoms with Gasteiger partial charge in [-0.25, -0.2) is 0 Å². The summed E-state index contributed by atoms with van der Waals surface area (Å²) in [5.74, 6) is 1.18. The Labute approximate surface area is 97.4 Å². The van der Waals surface area contributed by atoms with Crippen molar-refractivity contribution in [2.75, 3.05) is 5.75 Å². The molecule has 1 rings (SSSR count). The molecule has 0 fully saturated rings. The summed E-state index contributed by atoms with van der Waals surface area (Å²) in [6, 6.07) is 8.95. The topological polar surface area (TPSA) is 26.0 Å². The molecule has 0 aliphatic carbocycles. The van der Waals surface area contributed by atoms with Crippen LogP contribution in [0.3, 0.4) is 0 Å². The van der Waals surface area contributed by atoms with E-state index >= 15 is 0 Å². The highest BCUT2D eigenvalue weighted by atomic mass is 32.2. The molecule has 0 aliphatic heterocycles. The smallest absolute Gasteiger partial charge is 0.0101 e. The molecule has 0 saturated carbocycles. The highest BCUT2D eigenvalue weighted by Crippen LogP contribution is 2.22. The number of thioether (sulfide) groups is 1. The molecule has 0 spiro atoms. The molecule has 0 bridgehead atoms. The molecule has 0 radical (unpaired) electrons. The van der Waals surface area contributed by atoms with E-state index in [1.54, 1.807) is 0 Å². The Hall–Kier alpha value is -0.470. The van der Waals surface area contributed by atoms with Gasteiger partial charge < -0.3 is 5.73 Å². The molecule has 0 aromatic heterocycles. The average Bonchev–Trinajstić information content (AvgIpc) is 2.26. The Morgan fingerprint density at radius 3 is 2.73 bits per heavy atom. The van der Waals surface area contributed by atoms with Gasteiger partial charge in [0.25, 0.3) is 0 Å². The summed E-state index contributed by atoms with van der Waals surface area (Å²) in [6.45, 7) is 4.32.